The summed E-state index contributed by atoms with van der Waals surface area (Å²) in [6.07, 6.45) is 3.78. The van der Waals surface area contributed by atoms with Crippen LogP contribution in [0.5, 0.6) is 0 Å². The van der Waals surface area contributed by atoms with E-state index in [1.807, 2.05) is 13.0 Å². The van der Waals surface area contributed by atoms with Crippen LogP contribution >= 0.6 is 15.9 Å². The van der Waals surface area contributed by atoms with E-state index in [2.05, 4.69) is 57.4 Å². The molecule has 0 aliphatic heterocycles. The standard InChI is InChI=1S/C17H19BrN2/c1-11(19-16-8-9-17(18)20-12(16)2)14-7-6-13-4-3-5-15(13)10-14/h6-11,19H,3-5H2,1-2H3. The lowest BCUT2D eigenvalue weighted by Gasteiger charge is -2.18. The number of aryl methyl sites for hydroxylation is 3. The van der Waals surface area contributed by atoms with Crippen LogP contribution in [0.4, 0.5) is 5.69 Å². The number of nitrogens with one attached hydrogen (secondary N) is 1. The average molecular weight is 331 g/mol. The molecule has 1 aliphatic carbocycles. The first-order chi connectivity index (χ1) is 9.63. The molecule has 104 valence electrons. The molecular weight excluding hydrogens is 312 g/mol. The van der Waals surface area contributed by atoms with Crippen LogP contribution in [0.15, 0.2) is 34.9 Å². The molecule has 1 heterocycles. The van der Waals surface area contributed by atoms with Gasteiger partial charge in [0.05, 0.1) is 11.4 Å². The Kier molecular flexibility index (Phi) is 3.79. The molecule has 0 spiro atoms. The van der Waals surface area contributed by atoms with Crippen LogP contribution < -0.4 is 5.32 Å². The summed E-state index contributed by atoms with van der Waals surface area (Å²) < 4.78 is 0.880. The normalized spacial score (nSPS) is 14.9. The Hall–Kier alpha value is -1.35. The highest BCUT2D eigenvalue weighted by Gasteiger charge is 2.14. The Balaban J connectivity index is 1.80. The summed E-state index contributed by atoms with van der Waals surface area (Å²) >= 11 is 3.40. The van der Waals surface area contributed by atoms with Crippen molar-refractivity contribution in [1.82, 2.24) is 4.98 Å². The molecule has 2 nitrogen and oxygen atoms in total. The van der Waals surface area contributed by atoms with Gasteiger partial charge in [0.15, 0.2) is 0 Å². The first-order valence-corrected chi connectivity index (χ1v) is 7.94. The molecule has 1 atom stereocenters. The third-order valence-corrected chi connectivity index (χ3v) is 4.49. The fraction of sp³-hybridized carbons (Fsp3) is 0.353. The predicted molar refractivity (Wildman–Crippen MR) is 87.2 cm³/mol. The maximum absolute atomic E-state index is 4.43. The zero-order valence-corrected chi connectivity index (χ0v) is 13.5. The van der Waals surface area contributed by atoms with E-state index in [0.29, 0.717) is 6.04 Å². The van der Waals surface area contributed by atoms with Crippen LogP contribution in [0.3, 0.4) is 0 Å². The van der Waals surface area contributed by atoms with E-state index in [4.69, 9.17) is 0 Å². The topological polar surface area (TPSA) is 24.9 Å². The summed E-state index contributed by atoms with van der Waals surface area (Å²) in [6.45, 7) is 4.24. The van der Waals surface area contributed by atoms with Crippen molar-refractivity contribution >= 4 is 21.6 Å². The van der Waals surface area contributed by atoms with Gasteiger partial charge in [-0.05, 0) is 77.9 Å². The van der Waals surface area contributed by atoms with Crippen LogP contribution in [0, 0.1) is 6.92 Å². The summed E-state index contributed by atoms with van der Waals surface area (Å²) in [5.41, 5.74) is 6.53. The number of hydrogen-bond donors (Lipinski definition) is 1. The third-order valence-electron chi connectivity index (χ3n) is 4.05. The van der Waals surface area contributed by atoms with Crippen LogP contribution in [0.2, 0.25) is 0 Å². The number of nitrogens with zero attached hydrogens (tertiary/aromatic N) is 1. The molecule has 1 aromatic carbocycles. The molecule has 0 fully saturated rings. The van der Waals surface area contributed by atoms with E-state index < -0.39 is 0 Å². The lowest BCUT2D eigenvalue weighted by atomic mass is 10.0. The molecule has 0 amide bonds. The number of anilines is 1. The van der Waals surface area contributed by atoms with E-state index in [9.17, 15) is 0 Å². The average Bonchev–Trinajstić information content (AvgIpc) is 2.89. The van der Waals surface area contributed by atoms with Crippen LogP contribution in [-0.2, 0) is 12.8 Å². The van der Waals surface area contributed by atoms with Gasteiger partial charge in [0.1, 0.15) is 4.60 Å². The van der Waals surface area contributed by atoms with E-state index >= 15 is 0 Å². The van der Waals surface area contributed by atoms with Crippen LogP contribution in [-0.4, -0.2) is 4.98 Å². The highest BCUT2D eigenvalue weighted by molar-refractivity contribution is 9.10. The number of rotatable bonds is 3. The maximum atomic E-state index is 4.43. The summed E-state index contributed by atoms with van der Waals surface area (Å²) in [6, 6.07) is 11.3. The van der Waals surface area contributed by atoms with Gasteiger partial charge in [0.2, 0.25) is 0 Å². The number of benzene rings is 1. The van der Waals surface area contributed by atoms with Gasteiger partial charge in [-0.3, -0.25) is 0 Å². The molecular formula is C17H19BrN2. The summed E-state index contributed by atoms with van der Waals surface area (Å²) in [7, 11) is 0. The van der Waals surface area contributed by atoms with Crippen LogP contribution in [0.25, 0.3) is 0 Å². The molecule has 0 bridgehead atoms. The Morgan fingerprint density at radius 2 is 1.95 bits per heavy atom. The quantitative estimate of drug-likeness (QED) is 0.816. The smallest absolute Gasteiger partial charge is 0.106 e. The van der Waals surface area contributed by atoms with Crippen molar-refractivity contribution in [3.05, 3.63) is 57.3 Å². The van der Waals surface area contributed by atoms with Gasteiger partial charge < -0.3 is 5.32 Å². The lowest BCUT2D eigenvalue weighted by molar-refractivity contribution is 0.873. The van der Waals surface area contributed by atoms with Crippen molar-refractivity contribution in [3.63, 3.8) is 0 Å². The summed E-state index contributed by atoms with van der Waals surface area (Å²) in [5.74, 6) is 0. The van der Waals surface area contributed by atoms with E-state index in [1.54, 1.807) is 0 Å². The monoisotopic (exact) mass is 330 g/mol. The fourth-order valence-corrected chi connectivity index (χ4v) is 3.26. The molecule has 3 rings (SSSR count). The van der Waals surface area contributed by atoms with E-state index in [1.165, 1.54) is 36.0 Å². The van der Waals surface area contributed by atoms with Crippen molar-refractivity contribution in [2.45, 2.75) is 39.2 Å². The van der Waals surface area contributed by atoms with Gasteiger partial charge in [-0.15, -0.1) is 0 Å². The van der Waals surface area contributed by atoms with Gasteiger partial charge in [-0.2, -0.15) is 0 Å². The highest BCUT2D eigenvalue weighted by Crippen LogP contribution is 2.27. The lowest BCUT2D eigenvalue weighted by Crippen LogP contribution is -2.08. The van der Waals surface area contributed by atoms with Gasteiger partial charge >= 0.3 is 0 Å². The fourth-order valence-electron chi connectivity index (χ4n) is 2.86. The van der Waals surface area contributed by atoms with Gasteiger partial charge in [0.25, 0.3) is 0 Å². The Bertz CT molecular complexity index is 637. The molecule has 1 unspecified atom stereocenters. The molecule has 3 heteroatoms. The van der Waals surface area contributed by atoms with Crippen molar-refractivity contribution in [1.29, 1.82) is 0 Å². The van der Waals surface area contributed by atoms with Crippen molar-refractivity contribution in [3.8, 4) is 0 Å². The second-order valence-electron chi connectivity index (χ2n) is 5.51. The first-order valence-electron chi connectivity index (χ1n) is 7.15. The number of fused-ring (bicyclic) bond motifs is 1. The van der Waals surface area contributed by atoms with Gasteiger partial charge in [0, 0.05) is 6.04 Å². The third kappa shape index (κ3) is 2.73. The number of halogens is 1. The van der Waals surface area contributed by atoms with E-state index in [0.717, 1.165) is 16.0 Å². The minimum atomic E-state index is 0.294. The maximum Gasteiger partial charge on any atom is 0.106 e. The van der Waals surface area contributed by atoms with Crippen molar-refractivity contribution < 1.29 is 0 Å². The van der Waals surface area contributed by atoms with E-state index in [-0.39, 0.29) is 0 Å². The Morgan fingerprint density at radius 3 is 2.75 bits per heavy atom. The second kappa shape index (κ2) is 5.57. The number of pyridine rings is 1. The minimum absolute atomic E-state index is 0.294. The molecule has 0 saturated carbocycles. The SMILES string of the molecule is Cc1nc(Br)ccc1NC(C)c1ccc2c(c1)CCC2. The van der Waals surface area contributed by atoms with Crippen molar-refractivity contribution in [2.75, 3.05) is 5.32 Å². The Morgan fingerprint density at radius 1 is 1.15 bits per heavy atom. The Labute approximate surface area is 128 Å². The van der Waals surface area contributed by atoms with Crippen molar-refractivity contribution in [2.24, 2.45) is 0 Å². The summed E-state index contributed by atoms with van der Waals surface area (Å²) in [4.78, 5) is 4.43. The van der Waals surface area contributed by atoms with Gasteiger partial charge in [-0.1, -0.05) is 18.2 Å². The van der Waals surface area contributed by atoms with Gasteiger partial charge in [-0.25, -0.2) is 4.98 Å². The number of aromatic nitrogens is 1. The molecule has 1 N–H and O–H groups in total. The number of hydrogen-bond acceptors (Lipinski definition) is 2. The zero-order chi connectivity index (χ0) is 14.1. The summed E-state index contributed by atoms with van der Waals surface area (Å²) in [5, 5.41) is 3.56. The largest absolute Gasteiger partial charge is 0.377 e. The highest BCUT2D eigenvalue weighted by atomic mass is 79.9. The molecule has 1 aliphatic rings. The molecule has 2 aromatic rings. The predicted octanol–water partition coefficient (Wildman–Crippen LogP) is 4.81. The molecule has 1 aromatic heterocycles. The molecule has 20 heavy (non-hydrogen) atoms. The second-order valence-corrected chi connectivity index (χ2v) is 6.33. The zero-order valence-electron chi connectivity index (χ0n) is 11.9. The molecule has 0 saturated heterocycles. The molecule has 0 radical (unpaired) electrons. The minimum Gasteiger partial charge on any atom is -0.377 e. The first kappa shape index (κ1) is 13.6. The van der Waals surface area contributed by atoms with Crippen LogP contribution in [0.1, 0.15) is 41.8 Å².